The number of aryl methyl sites for hydroxylation is 1. The molecule has 0 bridgehead atoms. The Morgan fingerprint density at radius 3 is 2.89 bits per heavy atom. The summed E-state index contributed by atoms with van der Waals surface area (Å²) in [5.74, 6) is -0.247. The van der Waals surface area contributed by atoms with E-state index in [0.717, 1.165) is 36.4 Å². The minimum atomic E-state index is -0.247. The lowest BCUT2D eigenvalue weighted by atomic mass is 10.1. The number of thiocarbonyl (C=S) groups is 1. The largest absolute Gasteiger partial charge is 0.462 e. The zero-order chi connectivity index (χ0) is 13.8. The van der Waals surface area contributed by atoms with Crippen molar-refractivity contribution in [2.45, 2.75) is 33.1 Å². The SMILES string of the molecule is CCNC(=S)Nc1sc2c(c1C(=O)OCC)CCC2. The summed E-state index contributed by atoms with van der Waals surface area (Å²) in [5, 5.41) is 7.51. The Bertz CT molecular complexity index is 497. The quantitative estimate of drug-likeness (QED) is 0.661. The van der Waals surface area contributed by atoms with Crippen LogP contribution in [-0.4, -0.2) is 24.2 Å². The first-order chi connectivity index (χ1) is 9.17. The predicted molar refractivity (Wildman–Crippen MR) is 82.2 cm³/mol. The first kappa shape index (κ1) is 14.3. The number of esters is 1. The van der Waals surface area contributed by atoms with Crippen molar-refractivity contribution in [1.82, 2.24) is 5.32 Å². The van der Waals surface area contributed by atoms with E-state index in [4.69, 9.17) is 17.0 Å². The molecule has 0 unspecified atom stereocenters. The molecule has 0 aromatic carbocycles. The maximum atomic E-state index is 12.1. The lowest BCUT2D eigenvalue weighted by Crippen LogP contribution is -2.28. The van der Waals surface area contributed by atoms with Crippen LogP contribution in [0.2, 0.25) is 0 Å². The van der Waals surface area contributed by atoms with E-state index in [1.54, 1.807) is 11.3 Å². The van der Waals surface area contributed by atoms with E-state index in [0.29, 0.717) is 17.3 Å². The van der Waals surface area contributed by atoms with E-state index in [-0.39, 0.29) is 5.97 Å². The van der Waals surface area contributed by atoms with E-state index < -0.39 is 0 Å². The molecule has 0 saturated carbocycles. The highest BCUT2D eigenvalue weighted by Gasteiger charge is 2.27. The second kappa shape index (κ2) is 6.34. The molecule has 0 spiro atoms. The molecular formula is C13H18N2O2S2. The van der Waals surface area contributed by atoms with Crippen LogP contribution in [0.15, 0.2) is 0 Å². The van der Waals surface area contributed by atoms with Gasteiger partial charge in [-0.15, -0.1) is 11.3 Å². The molecule has 6 heteroatoms. The third kappa shape index (κ3) is 3.06. The van der Waals surface area contributed by atoms with Gasteiger partial charge in [-0.3, -0.25) is 0 Å². The fourth-order valence-electron chi connectivity index (χ4n) is 2.22. The second-order valence-electron chi connectivity index (χ2n) is 4.27. The maximum absolute atomic E-state index is 12.1. The average molecular weight is 298 g/mol. The smallest absolute Gasteiger partial charge is 0.341 e. The highest BCUT2D eigenvalue weighted by Crippen LogP contribution is 2.39. The van der Waals surface area contributed by atoms with Gasteiger partial charge in [-0.1, -0.05) is 0 Å². The molecule has 19 heavy (non-hydrogen) atoms. The lowest BCUT2D eigenvalue weighted by Gasteiger charge is -2.10. The van der Waals surface area contributed by atoms with Gasteiger partial charge in [0.05, 0.1) is 12.2 Å². The maximum Gasteiger partial charge on any atom is 0.341 e. The number of carbonyl (C=O) groups excluding carboxylic acids is 1. The van der Waals surface area contributed by atoms with Crippen molar-refractivity contribution in [2.24, 2.45) is 0 Å². The third-order valence-electron chi connectivity index (χ3n) is 2.97. The molecule has 0 saturated heterocycles. The van der Waals surface area contributed by atoms with Crippen LogP contribution in [0.5, 0.6) is 0 Å². The molecule has 1 aromatic rings. The number of anilines is 1. The van der Waals surface area contributed by atoms with Gasteiger partial charge in [-0.05, 0) is 50.9 Å². The summed E-state index contributed by atoms with van der Waals surface area (Å²) in [6.45, 7) is 4.95. The fourth-order valence-corrected chi connectivity index (χ4v) is 3.81. The minimum Gasteiger partial charge on any atom is -0.462 e. The van der Waals surface area contributed by atoms with Crippen LogP contribution in [0, 0.1) is 0 Å². The number of fused-ring (bicyclic) bond motifs is 1. The van der Waals surface area contributed by atoms with Crippen LogP contribution >= 0.6 is 23.6 Å². The van der Waals surface area contributed by atoms with Crippen LogP contribution in [0.3, 0.4) is 0 Å². The molecule has 1 aliphatic carbocycles. The van der Waals surface area contributed by atoms with E-state index in [2.05, 4.69) is 10.6 Å². The van der Waals surface area contributed by atoms with Gasteiger partial charge in [-0.25, -0.2) is 4.79 Å². The van der Waals surface area contributed by atoms with Gasteiger partial charge in [-0.2, -0.15) is 0 Å². The Balaban J connectivity index is 2.27. The average Bonchev–Trinajstić information content (AvgIpc) is 2.89. The molecule has 0 aliphatic heterocycles. The Morgan fingerprint density at radius 1 is 1.42 bits per heavy atom. The zero-order valence-electron chi connectivity index (χ0n) is 11.2. The van der Waals surface area contributed by atoms with Crippen molar-refractivity contribution in [2.75, 3.05) is 18.5 Å². The summed E-state index contributed by atoms with van der Waals surface area (Å²) >= 11 is 6.80. The summed E-state index contributed by atoms with van der Waals surface area (Å²) < 4.78 is 5.16. The van der Waals surface area contributed by atoms with Gasteiger partial charge < -0.3 is 15.4 Å². The summed E-state index contributed by atoms with van der Waals surface area (Å²) in [5.41, 5.74) is 1.82. The molecule has 2 rings (SSSR count). The Kier molecular flexibility index (Phi) is 4.76. The zero-order valence-corrected chi connectivity index (χ0v) is 12.8. The van der Waals surface area contributed by atoms with E-state index in [9.17, 15) is 4.79 Å². The predicted octanol–water partition coefficient (Wildman–Crippen LogP) is 2.72. The van der Waals surface area contributed by atoms with E-state index >= 15 is 0 Å². The van der Waals surface area contributed by atoms with Crippen LogP contribution in [0.25, 0.3) is 0 Å². The molecule has 0 atom stereocenters. The highest BCUT2D eigenvalue weighted by molar-refractivity contribution is 7.80. The summed E-state index contributed by atoms with van der Waals surface area (Å²) in [6, 6.07) is 0. The van der Waals surface area contributed by atoms with Gasteiger partial charge in [0.25, 0.3) is 0 Å². The second-order valence-corrected chi connectivity index (χ2v) is 5.78. The van der Waals surface area contributed by atoms with Crippen LogP contribution in [0.4, 0.5) is 5.00 Å². The Morgan fingerprint density at radius 2 is 2.21 bits per heavy atom. The van der Waals surface area contributed by atoms with E-state index in [1.807, 2.05) is 13.8 Å². The first-order valence-electron chi connectivity index (χ1n) is 6.53. The van der Waals surface area contributed by atoms with Gasteiger partial charge >= 0.3 is 5.97 Å². The Hall–Kier alpha value is -1.14. The lowest BCUT2D eigenvalue weighted by molar-refractivity contribution is 0.0527. The number of ether oxygens (including phenoxy) is 1. The molecule has 0 fully saturated rings. The highest BCUT2D eigenvalue weighted by atomic mass is 32.1. The van der Waals surface area contributed by atoms with Crippen molar-refractivity contribution in [1.29, 1.82) is 0 Å². The minimum absolute atomic E-state index is 0.247. The Labute approximate surface area is 122 Å². The topological polar surface area (TPSA) is 50.4 Å². The first-order valence-corrected chi connectivity index (χ1v) is 7.76. The molecular weight excluding hydrogens is 280 g/mol. The third-order valence-corrected chi connectivity index (χ3v) is 4.42. The summed E-state index contributed by atoms with van der Waals surface area (Å²) in [6.07, 6.45) is 3.11. The molecule has 104 valence electrons. The molecule has 2 N–H and O–H groups in total. The summed E-state index contributed by atoms with van der Waals surface area (Å²) in [4.78, 5) is 13.4. The fraction of sp³-hybridized carbons (Fsp3) is 0.538. The number of rotatable bonds is 4. The van der Waals surface area contributed by atoms with Gasteiger partial charge in [0.15, 0.2) is 5.11 Å². The van der Waals surface area contributed by atoms with E-state index in [1.165, 1.54) is 4.88 Å². The van der Waals surface area contributed by atoms with Crippen LogP contribution < -0.4 is 10.6 Å². The number of hydrogen-bond acceptors (Lipinski definition) is 4. The number of nitrogens with one attached hydrogen (secondary N) is 2. The van der Waals surface area contributed by atoms with Gasteiger partial charge in [0.1, 0.15) is 5.00 Å². The normalized spacial score (nSPS) is 12.9. The van der Waals surface area contributed by atoms with Crippen LogP contribution in [0.1, 0.15) is 41.1 Å². The monoisotopic (exact) mass is 298 g/mol. The molecule has 1 aliphatic rings. The molecule has 4 nitrogen and oxygen atoms in total. The standard InChI is InChI=1S/C13H18N2O2S2/c1-3-14-13(18)15-11-10(12(16)17-4-2)8-6-5-7-9(8)19-11/h3-7H2,1-2H3,(H2,14,15,18). The molecule has 1 aromatic heterocycles. The van der Waals surface area contributed by atoms with Crippen molar-refractivity contribution < 1.29 is 9.53 Å². The number of thiophene rings is 1. The van der Waals surface area contributed by atoms with Gasteiger partial charge in [0.2, 0.25) is 0 Å². The molecule has 0 amide bonds. The molecule has 0 radical (unpaired) electrons. The van der Waals surface area contributed by atoms with Crippen molar-refractivity contribution in [3.05, 3.63) is 16.0 Å². The van der Waals surface area contributed by atoms with Crippen molar-refractivity contribution >= 4 is 39.6 Å². The van der Waals surface area contributed by atoms with Gasteiger partial charge in [0, 0.05) is 11.4 Å². The van der Waals surface area contributed by atoms with Crippen LogP contribution in [-0.2, 0) is 17.6 Å². The molecule has 1 heterocycles. The number of hydrogen-bond donors (Lipinski definition) is 2. The summed E-state index contributed by atoms with van der Waals surface area (Å²) in [7, 11) is 0. The number of carbonyl (C=O) groups is 1. The van der Waals surface area contributed by atoms with Crippen molar-refractivity contribution in [3.63, 3.8) is 0 Å². The van der Waals surface area contributed by atoms with Crippen molar-refractivity contribution in [3.8, 4) is 0 Å².